The number of unbranched alkanes of at least 4 members (excludes halogenated alkanes) is 1. The Morgan fingerprint density at radius 2 is 2.00 bits per heavy atom. The number of benzene rings is 1. The molecule has 0 aliphatic heterocycles. The van der Waals surface area contributed by atoms with Crippen molar-refractivity contribution in [3.05, 3.63) is 67.6 Å². The Hall–Kier alpha value is -3.13. The molecule has 3 aromatic rings. The van der Waals surface area contributed by atoms with Gasteiger partial charge in [0.1, 0.15) is 12.4 Å². The van der Waals surface area contributed by atoms with Crippen LogP contribution in [0, 0.1) is 0 Å². The molecule has 1 N–H and O–H groups in total. The highest BCUT2D eigenvalue weighted by Crippen LogP contribution is 2.12. The van der Waals surface area contributed by atoms with Crippen molar-refractivity contribution in [1.82, 2.24) is 19.1 Å². The fraction of sp³-hybridized carbons (Fsp3) is 0.300. The first-order valence-corrected chi connectivity index (χ1v) is 9.57. The number of nitrogens with one attached hydrogen (secondary N) is 1. The van der Waals surface area contributed by atoms with Gasteiger partial charge in [-0.1, -0.05) is 37.1 Å². The lowest BCUT2D eigenvalue weighted by Gasteiger charge is -2.04. The quantitative estimate of drug-likeness (QED) is 0.471. The van der Waals surface area contributed by atoms with Crippen molar-refractivity contribution in [3.8, 4) is 0 Å². The number of hydrogen-bond donors (Lipinski definition) is 1. The van der Waals surface area contributed by atoms with Gasteiger partial charge in [-0.25, -0.2) is 14.6 Å². The van der Waals surface area contributed by atoms with Crippen molar-refractivity contribution >= 4 is 34.8 Å². The van der Waals surface area contributed by atoms with Gasteiger partial charge in [-0.05, 0) is 30.2 Å². The standard InChI is InChI=1S/C20H21ClN4O4/c1-3-4-11-25-18-17(19(27)23-20(25)28)24(2)15(22-18)12-29-16(26)10-7-13-5-8-14(21)9-6-13/h5-10H,3-4,11-12H2,1-2H3,(H,23,27,28)/b10-7+. The van der Waals surface area contributed by atoms with Gasteiger partial charge < -0.3 is 9.30 Å². The molecule has 152 valence electrons. The van der Waals surface area contributed by atoms with Gasteiger partial charge in [0.15, 0.2) is 11.2 Å². The Balaban J connectivity index is 1.79. The third-order valence-electron chi connectivity index (χ3n) is 4.47. The summed E-state index contributed by atoms with van der Waals surface area (Å²) in [7, 11) is 1.64. The number of halogens is 1. The zero-order valence-electron chi connectivity index (χ0n) is 16.1. The molecule has 8 nitrogen and oxygen atoms in total. The van der Waals surface area contributed by atoms with Crippen LogP contribution in [-0.4, -0.2) is 25.1 Å². The number of H-pyrrole nitrogens is 1. The van der Waals surface area contributed by atoms with Crippen molar-refractivity contribution in [2.24, 2.45) is 7.05 Å². The van der Waals surface area contributed by atoms with Crippen LogP contribution in [0.25, 0.3) is 17.2 Å². The maximum atomic E-state index is 12.2. The van der Waals surface area contributed by atoms with Crippen molar-refractivity contribution in [1.29, 1.82) is 0 Å². The Morgan fingerprint density at radius 1 is 1.28 bits per heavy atom. The Morgan fingerprint density at radius 3 is 2.69 bits per heavy atom. The molecule has 29 heavy (non-hydrogen) atoms. The predicted molar refractivity (Wildman–Crippen MR) is 111 cm³/mol. The van der Waals surface area contributed by atoms with Crippen molar-refractivity contribution in [2.45, 2.75) is 32.9 Å². The van der Waals surface area contributed by atoms with E-state index in [1.807, 2.05) is 6.92 Å². The van der Waals surface area contributed by atoms with Gasteiger partial charge in [-0.3, -0.25) is 14.3 Å². The van der Waals surface area contributed by atoms with Crippen LogP contribution in [0.15, 0.2) is 39.9 Å². The van der Waals surface area contributed by atoms with Crippen LogP contribution in [0.4, 0.5) is 0 Å². The van der Waals surface area contributed by atoms with Gasteiger partial charge in [-0.15, -0.1) is 0 Å². The molecule has 0 unspecified atom stereocenters. The van der Waals surface area contributed by atoms with Gasteiger partial charge in [0.05, 0.1) is 0 Å². The van der Waals surface area contributed by atoms with E-state index >= 15 is 0 Å². The summed E-state index contributed by atoms with van der Waals surface area (Å²) in [6.07, 6.45) is 4.58. The van der Waals surface area contributed by atoms with E-state index in [0.29, 0.717) is 17.4 Å². The van der Waals surface area contributed by atoms with Crippen molar-refractivity contribution < 1.29 is 9.53 Å². The highest BCUT2D eigenvalue weighted by molar-refractivity contribution is 6.30. The van der Waals surface area contributed by atoms with Crippen molar-refractivity contribution in [3.63, 3.8) is 0 Å². The summed E-state index contributed by atoms with van der Waals surface area (Å²) in [4.78, 5) is 43.1. The number of carbonyl (C=O) groups is 1. The third-order valence-corrected chi connectivity index (χ3v) is 4.72. The molecule has 0 bridgehead atoms. The second-order valence-corrected chi connectivity index (χ2v) is 6.95. The first-order valence-electron chi connectivity index (χ1n) is 9.19. The lowest BCUT2D eigenvalue weighted by Crippen LogP contribution is -2.31. The fourth-order valence-corrected chi connectivity index (χ4v) is 2.99. The second-order valence-electron chi connectivity index (χ2n) is 6.52. The average molecular weight is 417 g/mol. The number of carbonyl (C=O) groups excluding carboxylic acids is 1. The van der Waals surface area contributed by atoms with Gasteiger partial charge in [0.25, 0.3) is 5.56 Å². The number of aryl methyl sites for hydroxylation is 2. The van der Waals surface area contributed by atoms with Crippen LogP contribution in [0.2, 0.25) is 5.02 Å². The lowest BCUT2D eigenvalue weighted by molar-refractivity contribution is -0.139. The molecule has 1 aromatic carbocycles. The summed E-state index contributed by atoms with van der Waals surface area (Å²) in [5, 5.41) is 0.610. The molecule has 0 aliphatic rings. The first-order chi connectivity index (χ1) is 13.9. The zero-order chi connectivity index (χ0) is 21.0. The van der Waals surface area contributed by atoms with Gasteiger partial charge >= 0.3 is 11.7 Å². The minimum absolute atomic E-state index is 0.129. The summed E-state index contributed by atoms with van der Waals surface area (Å²) in [6, 6.07) is 7.00. The molecule has 3 rings (SSSR count). The van der Waals surface area contributed by atoms with Crippen LogP contribution in [0.5, 0.6) is 0 Å². The van der Waals surface area contributed by atoms with E-state index in [9.17, 15) is 14.4 Å². The van der Waals surface area contributed by atoms with E-state index in [-0.39, 0.29) is 17.8 Å². The number of aromatic nitrogens is 4. The van der Waals surface area contributed by atoms with Gasteiger partial charge in [0.2, 0.25) is 0 Å². The number of aromatic amines is 1. The van der Waals surface area contributed by atoms with E-state index in [2.05, 4.69) is 9.97 Å². The molecule has 0 atom stereocenters. The molecule has 0 amide bonds. The number of ether oxygens (including phenoxy) is 1. The maximum absolute atomic E-state index is 12.2. The van der Waals surface area contributed by atoms with Crippen LogP contribution in [0.3, 0.4) is 0 Å². The summed E-state index contributed by atoms with van der Waals surface area (Å²) in [5.41, 5.74) is 0.345. The van der Waals surface area contributed by atoms with Crippen LogP contribution in [-0.2, 0) is 29.7 Å². The molecule has 0 spiro atoms. The monoisotopic (exact) mass is 416 g/mol. The Labute approximate surface area is 171 Å². The number of hydrogen-bond acceptors (Lipinski definition) is 5. The topological polar surface area (TPSA) is 99.0 Å². The fourth-order valence-electron chi connectivity index (χ4n) is 2.87. The average Bonchev–Trinajstić information content (AvgIpc) is 3.02. The summed E-state index contributed by atoms with van der Waals surface area (Å²) >= 11 is 5.83. The SMILES string of the molecule is CCCCn1c(=O)[nH]c(=O)c2c1nc(COC(=O)/C=C/c1ccc(Cl)cc1)n2C. The highest BCUT2D eigenvalue weighted by atomic mass is 35.5. The van der Waals surface area contributed by atoms with E-state index in [0.717, 1.165) is 18.4 Å². The molecule has 0 aliphatic carbocycles. The van der Waals surface area contributed by atoms with Crippen LogP contribution >= 0.6 is 11.6 Å². The lowest BCUT2D eigenvalue weighted by atomic mass is 10.2. The Kier molecular flexibility index (Phi) is 6.33. The van der Waals surface area contributed by atoms with Gasteiger partial charge in [-0.2, -0.15) is 0 Å². The number of rotatable bonds is 7. The molecule has 0 saturated heterocycles. The Bertz CT molecular complexity index is 1170. The van der Waals surface area contributed by atoms with E-state index in [1.165, 1.54) is 15.2 Å². The molecule has 2 heterocycles. The molecule has 0 radical (unpaired) electrons. The molecular formula is C20H21ClN4O4. The van der Waals surface area contributed by atoms with Crippen LogP contribution < -0.4 is 11.2 Å². The number of fused-ring (bicyclic) bond motifs is 1. The number of esters is 1. The first kappa shape index (κ1) is 20.6. The van der Waals surface area contributed by atoms with E-state index in [4.69, 9.17) is 16.3 Å². The van der Waals surface area contributed by atoms with Crippen molar-refractivity contribution in [2.75, 3.05) is 0 Å². The van der Waals surface area contributed by atoms with E-state index < -0.39 is 17.2 Å². The highest BCUT2D eigenvalue weighted by Gasteiger charge is 2.17. The molecular weight excluding hydrogens is 396 g/mol. The molecule has 0 saturated carbocycles. The van der Waals surface area contributed by atoms with Crippen LogP contribution in [0.1, 0.15) is 31.2 Å². The number of imidazole rings is 1. The third kappa shape index (κ3) is 4.65. The summed E-state index contributed by atoms with van der Waals surface area (Å²) in [6.45, 7) is 2.33. The summed E-state index contributed by atoms with van der Waals surface area (Å²) < 4.78 is 8.21. The largest absolute Gasteiger partial charge is 0.454 e. The van der Waals surface area contributed by atoms with E-state index in [1.54, 1.807) is 37.4 Å². The maximum Gasteiger partial charge on any atom is 0.331 e. The minimum atomic E-state index is -0.552. The normalized spacial score (nSPS) is 11.4. The summed E-state index contributed by atoms with van der Waals surface area (Å²) in [5.74, 6) is -0.182. The predicted octanol–water partition coefficient (Wildman–Crippen LogP) is 2.63. The zero-order valence-corrected chi connectivity index (χ0v) is 16.9. The molecule has 2 aromatic heterocycles. The minimum Gasteiger partial charge on any atom is -0.454 e. The molecule has 9 heteroatoms. The second kappa shape index (κ2) is 8.91. The van der Waals surface area contributed by atoms with Gasteiger partial charge in [0, 0.05) is 24.7 Å². The number of nitrogens with zero attached hydrogens (tertiary/aromatic N) is 3. The smallest absolute Gasteiger partial charge is 0.331 e. The molecule has 0 fully saturated rings.